The third kappa shape index (κ3) is 2.37. The van der Waals surface area contributed by atoms with Crippen LogP contribution in [0.25, 0.3) is 11.0 Å². The summed E-state index contributed by atoms with van der Waals surface area (Å²) >= 11 is 0. The standard InChI is InChI=1S/C13H12N2O4/c1-7-4-5-8-9(6-7)15-11(13(17)19-3)10(14-8)12(16)18-2/h4-6H,1-3H3. The molecule has 0 aliphatic heterocycles. The summed E-state index contributed by atoms with van der Waals surface area (Å²) in [5.41, 5.74) is 1.72. The van der Waals surface area contributed by atoms with Crippen molar-refractivity contribution < 1.29 is 19.1 Å². The van der Waals surface area contributed by atoms with Gasteiger partial charge >= 0.3 is 11.9 Å². The van der Waals surface area contributed by atoms with Crippen molar-refractivity contribution in [1.82, 2.24) is 9.97 Å². The smallest absolute Gasteiger partial charge is 0.359 e. The lowest BCUT2D eigenvalue weighted by molar-refractivity contribution is 0.0545. The highest BCUT2D eigenvalue weighted by Gasteiger charge is 2.23. The number of carbonyl (C=O) groups is 2. The van der Waals surface area contributed by atoms with Crippen LogP contribution in [0.15, 0.2) is 18.2 Å². The monoisotopic (exact) mass is 260 g/mol. The second-order valence-electron chi connectivity index (χ2n) is 3.90. The average molecular weight is 260 g/mol. The first-order valence-corrected chi connectivity index (χ1v) is 5.52. The number of methoxy groups -OCH3 is 2. The van der Waals surface area contributed by atoms with Crippen molar-refractivity contribution >= 4 is 23.0 Å². The molecule has 2 rings (SSSR count). The van der Waals surface area contributed by atoms with Crippen molar-refractivity contribution in [2.75, 3.05) is 14.2 Å². The van der Waals surface area contributed by atoms with E-state index in [9.17, 15) is 9.59 Å². The van der Waals surface area contributed by atoms with Crippen LogP contribution in [-0.4, -0.2) is 36.1 Å². The third-order valence-electron chi connectivity index (χ3n) is 2.58. The Morgan fingerprint density at radius 2 is 1.47 bits per heavy atom. The van der Waals surface area contributed by atoms with Crippen molar-refractivity contribution in [3.8, 4) is 0 Å². The molecule has 0 unspecified atom stereocenters. The second-order valence-corrected chi connectivity index (χ2v) is 3.90. The van der Waals surface area contributed by atoms with Gasteiger partial charge in [-0.3, -0.25) is 0 Å². The van der Waals surface area contributed by atoms with Gasteiger partial charge in [0.15, 0.2) is 11.4 Å². The third-order valence-corrected chi connectivity index (χ3v) is 2.58. The minimum absolute atomic E-state index is 0.146. The van der Waals surface area contributed by atoms with Crippen LogP contribution in [0.5, 0.6) is 0 Å². The summed E-state index contributed by atoms with van der Waals surface area (Å²) in [5, 5.41) is 0. The molecule has 6 heteroatoms. The Morgan fingerprint density at radius 1 is 0.947 bits per heavy atom. The van der Waals surface area contributed by atoms with E-state index >= 15 is 0 Å². The van der Waals surface area contributed by atoms with Crippen molar-refractivity contribution in [2.24, 2.45) is 0 Å². The lowest BCUT2D eigenvalue weighted by Gasteiger charge is -2.07. The summed E-state index contributed by atoms with van der Waals surface area (Å²) in [6, 6.07) is 5.34. The second kappa shape index (κ2) is 5.01. The van der Waals surface area contributed by atoms with Crippen molar-refractivity contribution in [3.63, 3.8) is 0 Å². The molecule has 0 spiro atoms. The lowest BCUT2D eigenvalue weighted by Crippen LogP contribution is -2.16. The molecule has 6 nitrogen and oxygen atoms in total. The van der Waals surface area contributed by atoms with Crippen molar-refractivity contribution in [2.45, 2.75) is 6.92 Å². The van der Waals surface area contributed by atoms with Crippen molar-refractivity contribution in [3.05, 3.63) is 35.2 Å². The molecule has 0 fully saturated rings. The van der Waals surface area contributed by atoms with Gasteiger partial charge in [-0.05, 0) is 24.6 Å². The van der Waals surface area contributed by atoms with Gasteiger partial charge < -0.3 is 9.47 Å². The highest BCUT2D eigenvalue weighted by Crippen LogP contribution is 2.16. The van der Waals surface area contributed by atoms with E-state index in [0.29, 0.717) is 11.0 Å². The average Bonchev–Trinajstić information content (AvgIpc) is 2.44. The molecule has 0 saturated carbocycles. The summed E-state index contributed by atoms with van der Waals surface area (Å²) in [7, 11) is 2.43. The van der Waals surface area contributed by atoms with E-state index in [1.54, 1.807) is 12.1 Å². The van der Waals surface area contributed by atoms with Crippen LogP contribution in [0.2, 0.25) is 0 Å². The number of ether oxygens (including phenoxy) is 2. The number of carbonyl (C=O) groups excluding carboxylic acids is 2. The molecule has 0 atom stereocenters. The molecule has 1 aromatic heterocycles. The lowest BCUT2D eigenvalue weighted by atomic mass is 10.2. The predicted octanol–water partition coefficient (Wildman–Crippen LogP) is 1.51. The zero-order valence-corrected chi connectivity index (χ0v) is 10.8. The number of rotatable bonds is 2. The maximum Gasteiger partial charge on any atom is 0.359 e. The predicted molar refractivity (Wildman–Crippen MR) is 67.0 cm³/mol. The van der Waals surface area contributed by atoms with Crippen LogP contribution < -0.4 is 0 Å². The Morgan fingerprint density at radius 3 is 2.00 bits per heavy atom. The largest absolute Gasteiger partial charge is 0.464 e. The van der Waals surface area contributed by atoms with E-state index in [2.05, 4.69) is 19.4 Å². The van der Waals surface area contributed by atoms with E-state index in [4.69, 9.17) is 0 Å². The molecule has 0 N–H and O–H groups in total. The molecule has 0 aliphatic rings. The van der Waals surface area contributed by atoms with Crippen LogP contribution in [-0.2, 0) is 9.47 Å². The number of benzene rings is 1. The van der Waals surface area contributed by atoms with Crippen LogP contribution in [0.4, 0.5) is 0 Å². The summed E-state index contributed by atoms with van der Waals surface area (Å²) in [6.45, 7) is 1.90. The maximum atomic E-state index is 11.7. The van der Waals surface area contributed by atoms with Gasteiger partial charge in [0.05, 0.1) is 25.3 Å². The normalized spacial score (nSPS) is 10.3. The SMILES string of the molecule is COC(=O)c1nc2ccc(C)cc2nc1C(=O)OC. The van der Waals surface area contributed by atoms with Gasteiger partial charge in [0.1, 0.15) is 0 Å². The molecule has 0 bridgehead atoms. The van der Waals surface area contributed by atoms with E-state index in [0.717, 1.165) is 5.56 Å². The Hall–Kier alpha value is -2.50. The quantitative estimate of drug-likeness (QED) is 0.761. The molecule has 1 aromatic carbocycles. The summed E-state index contributed by atoms with van der Waals surface area (Å²) in [6.07, 6.45) is 0. The Bertz CT molecular complexity index is 667. The molecular formula is C13H12N2O4. The number of aromatic nitrogens is 2. The van der Waals surface area contributed by atoms with E-state index in [1.165, 1.54) is 14.2 Å². The highest BCUT2D eigenvalue weighted by molar-refractivity contribution is 6.02. The van der Waals surface area contributed by atoms with E-state index < -0.39 is 11.9 Å². The Kier molecular flexibility index (Phi) is 3.41. The maximum absolute atomic E-state index is 11.7. The van der Waals surface area contributed by atoms with E-state index in [1.807, 2.05) is 13.0 Å². The molecule has 0 radical (unpaired) electrons. The molecule has 0 aliphatic carbocycles. The molecule has 1 heterocycles. The Labute approximate surface area is 109 Å². The number of hydrogen-bond donors (Lipinski definition) is 0. The van der Waals surface area contributed by atoms with Gasteiger partial charge in [0, 0.05) is 0 Å². The summed E-state index contributed by atoms with van der Waals surface area (Å²) in [5.74, 6) is -1.45. The van der Waals surface area contributed by atoms with E-state index in [-0.39, 0.29) is 11.4 Å². The summed E-state index contributed by atoms with van der Waals surface area (Å²) in [4.78, 5) is 31.5. The van der Waals surface area contributed by atoms with Crippen LogP contribution in [0.1, 0.15) is 26.5 Å². The van der Waals surface area contributed by atoms with Gasteiger partial charge in [-0.25, -0.2) is 19.6 Å². The van der Waals surface area contributed by atoms with Gasteiger partial charge in [-0.2, -0.15) is 0 Å². The number of aryl methyl sites for hydroxylation is 1. The number of nitrogens with zero attached hydrogens (tertiary/aromatic N) is 2. The first-order chi connectivity index (χ1) is 9.06. The fraction of sp³-hybridized carbons (Fsp3) is 0.231. The first kappa shape index (κ1) is 12.9. The van der Waals surface area contributed by atoms with Gasteiger partial charge in [-0.1, -0.05) is 6.07 Å². The Balaban J connectivity index is 2.73. The van der Waals surface area contributed by atoms with Crippen molar-refractivity contribution in [1.29, 1.82) is 0 Å². The molecule has 19 heavy (non-hydrogen) atoms. The first-order valence-electron chi connectivity index (χ1n) is 5.52. The molecule has 98 valence electrons. The van der Waals surface area contributed by atoms with Gasteiger partial charge in [0.2, 0.25) is 0 Å². The summed E-state index contributed by atoms with van der Waals surface area (Å²) < 4.78 is 9.20. The van der Waals surface area contributed by atoms with Crippen LogP contribution in [0.3, 0.4) is 0 Å². The zero-order chi connectivity index (χ0) is 14.0. The molecule has 0 saturated heterocycles. The molecule has 0 amide bonds. The van der Waals surface area contributed by atoms with Gasteiger partial charge in [-0.15, -0.1) is 0 Å². The fourth-order valence-electron chi connectivity index (χ4n) is 1.64. The topological polar surface area (TPSA) is 78.4 Å². The fourth-order valence-corrected chi connectivity index (χ4v) is 1.64. The molecule has 2 aromatic rings. The van der Waals surface area contributed by atoms with Crippen LogP contribution >= 0.6 is 0 Å². The molecular weight excluding hydrogens is 248 g/mol. The van der Waals surface area contributed by atoms with Gasteiger partial charge in [0.25, 0.3) is 0 Å². The number of esters is 2. The number of hydrogen-bond acceptors (Lipinski definition) is 6. The minimum Gasteiger partial charge on any atom is -0.464 e. The minimum atomic E-state index is -0.727. The highest BCUT2D eigenvalue weighted by atomic mass is 16.5. The number of fused-ring (bicyclic) bond motifs is 1. The zero-order valence-electron chi connectivity index (χ0n) is 10.8. The van der Waals surface area contributed by atoms with Crippen LogP contribution in [0, 0.1) is 6.92 Å².